The molecule has 8 nitrogen and oxygen atoms in total. The number of sulfone groups is 1. The van der Waals surface area contributed by atoms with Crippen molar-refractivity contribution < 1.29 is 27.1 Å². The van der Waals surface area contributed by atoms with Crippen molar-refractivity contribution in [1.29, 1.82) is 0 Å². The number of carbonyl (C=O) groups excluding carboxylic acids is 2. The number of benzene rings is 4. The number of hydrogen-bond donors (Lipinski definition) is 0. The Kier molecular flexibility index (Phi) is 8.41. The molecule has 1 fully saturated rings. The Labute approximate surface area is 286 Å². The smallest absolute Gasteiger partial charge is 0.254 e. The van der Waals surface area contributed by atoms with E-state index in [-0.39, 0.29) is 38.8 Å². The molecular formula is C36H26Cl2FN3O5S. The van der Waals surface area contributed by atoms with Crippen LogP contribution in [0.5, 0.6) is 5.75 Å². The van der Waals surface area contributed by atoms with E-state index >= 15 is 0 Å². The molecule has 12 heteroatoms. The number of ketones is 1. The lowest BCUT2D eigenvalue weighted by atomic mass is 9.94. The lowest BCUT2D eigenvalue weighted by Gasteiger charge is -2.36. The van der Waals surface area contributed by atoms with Gasteiger partial charge in [0.25, 0.3) is 5.91 Å². The molecule has 0 atom stereocenters. The number of ether oxygens (including phenoxy) is 1. The van der Waals surface area contributed by atoms with E-state index in [0.29, 0.717) is 53.2 Å². The van der Waals surface area contributed by atoms with Gasteiger partial charge in [-0.15, -0.1) is 0 Å². The summed E-state index contributed by atoms with van der Waals surface area (Å²) in [5.41, 5.74) is 1.58. The third-order valence-electron chi connectivity index (χ3n) is 8.44. The quantitative estimate of drug-likeness (QED) is 0.183. The Morgan fingerprint density at radius 1 is 0.854 bits per heavy atom. The van der Waals surface area contributed by atoms with Gasteiger partial charge in [0.15, 0.2) is 5.78 Å². The Hall–Kier alpha value is -4.77. The molecule has 0 N–H and O–H groups in total. The summed E-state index contributed by atoms with van der Waals surface area (Å²) in [6.45, 7) is 1.62. The van der Waals surface area contributed by atoms with Crippen molar-refractivity contribution >= 4 is 50.5 Å². The van der Waals surface area contributed by atoms with Crippen LogP contribution in [-0.2, 0) is 16.4 Å². The van der Waals surface area contributed by atoms with Gasteiger partial charge in [-0.05, 0) is 53.6 Å². The number of aromatic nitrogens is 1. The number of rotatable bonds is 6. The van der Waals surface area contributed by atoms with Crippen molar-refractivity contribution in [3.05, 3.63) is 135 Å². The monoisotopic (exact) mass is 701 g/mol. The second kappa shape index (κ2) is 12.7. The van der Waals surface area contributed by atoms with Crippen LogP contribution in [-0.4, -0.2) is 56.2 Å². The summed E-state index contributed by atoms with van der Waals surface area (Å²) in [4.78, 5) is 35.2. The number of amides is 1. The van der Waals surface area contributed by atoms with Gasteiger partial charge in [-0.3, -0.25) is 9.59 Å². The van der Waals surface area contributed by atoms with Gasteiger partial charge in [-0.25, -0.2) is 17.8 Å². The SMILES string of the molecule is O=C1c2ccc(-c3ccc(F)cc3OCc3ccccc3)cc2S(=O)(=O)c2cccc(C(=O)N3CCN(c4ncc(Cl)cc4Cl)CC3)c21. The predicted molar refractivity (Wildman–Crippen MR) is 180 cm³/mol. The molecule has 0 saturated carbocycles. The molecular weight excluding hydrogens is 676 g/mol. The number of hydrogen-bond acceptors (Lipinski definition) is 7. The average molecular weight is 703 g/mol. The van der Waals surface area contributed by atoms with E-state index in [2.05, 4.69) is 4.98 Å². The number of fused-ring (bicyclic) bond motifs is 2. The first-order valence-corrected chi connectivity index (χ1v) is 17.2. The fourth-order valence-electron chi connectivity index (χ4n) is 6.04. The summed E-state index contributed by atoms with van der Waals surface area (Å²) >= 11 is 12.3. The van der Waals surface area contributed by atoms with E-state index < -0.39 is 27.3 Å². The maximum absolute atomic E-state index is 14.3. The normalized spacial score (nSPS) is 15.1. The first kappa shape index (κ1) is 31.8. The molecule has 0 bridgehead atoms. The van der Waals surface area contributed by atoms with Gasteiger partial charge in [0.05, 0.1) is 31.0 Å². The number of halogens is 3. The van der Waals surface area contributed by atoms with Crippen LogP contribution in [0.3, 0.4) is 0 Å². The minimum Gasteiger partial charge on any atom is -0.488 e. The molecule has 5 aromatic rings. The minimum absolute atomic E-state index is 0.0158. The zero-order chi connectivity index (χ0) is 33.6. The van der Waals surface area contributed by atoms with Crippen LogP contribution in [0.15, 0.2) is 107 Å². The van der Waals surface area contributed by atoms with E-state index in [0.717, 1.165) is 5.56 Å². The highest BCUT2D eigenvalue weighted by molar-refractivity contribution is 7.91. The Bertz CT molecular complexity index is 2210. The number of piperazine rings is 1. The zero-order valence-electron chi connectivity index (χ0n) is 25.2. The predicted octanol–water partition coefficient (Wildman–Crippen LogP) is 7.11. The molecule has 48 heavy (non-hydrogen) atoms. The summed E-state index contributed by atoms with van der Waals surface area (Å²) < 4.78 is 48.4. The second-order valence-electron chi connectivity index (χ2n) is 11.4. The van der Waals surface area contributed by atoms with Crippen molar-refractivity contribution in [2.45, 2.75) is 16.4 Å². The number of carbonyl (C=O) groups is 2. The summed E-state index contributed by atoms with van der Waals surface area (Å²) in [6.07, 6.45) is 1.50. The number of anilines is 1. The van der Waals surface area contributed by atoms with Crippen LogP contribution >= 0.6 is 23.2 Å². The molecule has 242 valence electrons. The summed E-state index contributed by atoms with van der Waals surface area (Å²) in [7, 11) is -4.23. The van der Waals surface area contributed by atoms with Crippen molar-refractivity contribution in [3.63, 3.8) is 0 Å². The zero-order valence-corrected chi connectivity index (χ0v) is 27.5. The third kappa shape index (κ3) is 5.80. The second-order valence-corrected chi connectivity index (χ2v) is 14.1. The van der Waals surface area contributed by atoms with Gasteiger partial charge in [0.2, 0.25) is 9.84 Å². The van der Waals surface area contributed by atoms with Crippen molar-refractivity contribution in [3.8, 4) is 16.9 Å². The molecule has 7 rings (SSSR count). The van der Waals surface area contributed by atoms with Crippen LogP contribution in [0.25, 0.3) is 11.1 Å². The average Bonchev–Trinajstić information content (AvgIpc) is 3.10. The molecule has 4 aromatic carbocycles. The first-order valence-electron chi connectivity index (χ1n) is 15.0. The molecule has 0 radical (unpaired) electrons. The number of pyridine rings is 1. The Balaban J connectivity index is 1.18. The van der Waals surface area contributed by atoms with E-state index in [1.165, 1.54) is 54.7 Å². The maximum atomic E-state index is 14.3. The largest absolute Gasteiger partial charge is 0.488 e. The van der Waals surface area contributed by atoms with E-state index in [4.69, 9.17) is 27.9 Å². The van der Waals surface area contributed by atoms with Crippen LogP contribution in [0.2, 0.25) is 10.0 Å². The highest BCUT2D eigenvalue weighted by atomic mass is 35.5. The van der Waals surface area contributed by atoms with Gasteiger partial charge in [-0.2, -0.15) is 0 Å². The van der Waals surface area contributed by atoms with Gasteiger partial charge >= 0.3 is 0 Å². The van der Waals surface area contributed by atoms with E-state index in [1.807, 2.05) is 35.2 Å². The fraction of sp³-hybridized carbons (Fsp3) is 0.139. The van der Waals surface area contributed by atoms with Gasteiger partial charge in [0, 0.05) is 49.6 Å². The molecule has 2 aliphatic rings. The Morgan fingerprint density at radius 2 is 1.60 bits per heavy atom. The van der Waals surface area contributed by atoms with Crippen molar-refractivity contribution in [1.82, 2.24) is 9.88 Å². The first-order chi connectivity index (χ1) is 23.1. The number of nitrogens with zero attached hydrogens (tertiary/aromatic N) is 3. The fourth-order valence-corrected chi connectivity index (χ4v) is 8.24. The highest BCUT2D eigenvalue weighted by Gasteiger charge is 2.39. The van der Waals surface area contributed by atoms with Gasteiger partial charge in [0.1, 0.15) is 24.0 Å². The van der Waals surface area contributed by atoms with Crippen LogP contribution in [0.1, 0.15) is 31.8 Å². The van der Waals surface area contributed by atoms with Crippen LogP contribution in [0, 0.1) is 5.82 Å². The van der Waals surface area contributed by atoms with Crippen LogP contribution < -0.4 is 9.64 Å². The minimum atomic E-state index is -4.23. The van der Waals surface area contributed by atoms with E-state index in [1.54, 1.807) is 17.0 Å². The lowest BCUT2D eigenvalue weighted by Crippen LogP contribution is -2.49. The van der Waals surface area contributed by atoms with Crippen molar-refractivity contribution in [2.75, 3.05) is 31.1 Å². The molecule has 1 saturated heterocycles. The lowest BCUT2D eigenvalue weighted by molar-refractivity contribution is 0.0741. The van der Waals surface area contributed by atoms with Gasteiger partial charge < -0.3 is 14.5 Å². The molecule has 0 spiro atoms. The Morgan fingerprint density at radius 3 is 2.35 bits per heavy atom. The molecule has 0 aliphatic carbocycles. The molecule has 1 aromatic heterocycles. The molecule has 0 unspecified atom stereocenters. The molecule has 1 amide bonds. The third-order valence-corrected chi connectivity index (χ3v) is 10.8. The van der Waals surface area contributed by atoms with Crippen LogP contribution in [0.4, 0.5) is 10.2 Å². The molecule has 3 heterocycles. The van der Waals surface area contributed by atoms with Gasteiger partial charge in [-0.1, -0.05) is 65.7 Å². The van der Waals surface area contributed by atoms with Crippen molar-refractivity contribution in [2.24, 2.45) is 0 Å². The molecule has 2 aliphatic heterocycles. The maximum Gasteiger partial charge on any atom is 0.254 e. The summed E-state index contributed by atoms with van der Waals surface area (Å²) in [6, 6.07) is 23.7. The topological polar surface area (TPSA) is 96.9 Å². The summed E-state index contributed by atoms with van der Waals surface area (Å²) in [5, 5.41) is 0.810. The summed E-state index contributed by atoms with van der Waals surface area (Å²) in [5.74, 6) is -0.753. The van der Waals surface area contributed by atoms with E-state index in [9.17, 15) is 22.4 Å². The highest BCUT2D eigenvalue weighted by Crippen LogP contribution is 2.40. The standard InChI is InChI=1S/C36H26Cl2FN3O5S/c37-24-18-29(38)35(40-20-24)41-13-15-42(16-14-41)36(44)28-7-4-8-31-33(28)34(43)27-11-9-23(17-32(27)48(31,45)46)26-12-10-25(39)19-30(26)47-21-22-5-2-1-3-6-22/h1-12,17-20H,13-16,21H2.